The van der Waals surface area contributed by atoms with Gasteiger partial charge in [0.25, 0.3) is 0 Å². The van der Waals surface area contributed by atoms with Crippen LogP contribution >= 0.6 is 0 Å². The quantitative estimate of drug-likeness (QED) is 0.364. The Balaban J connectivity index is 2.09. The lowest BCUT2D eigenvalue weighted by Gasteiger charge is -2.27. The van der Waals surface area contributed by atoms with Crippen molar-refractivity contribution in [1.29, 1.82) is 0 Å². The molecule has 0 N–H and O–H groups in total. The predicted octanol–water partition coefficient (Wildman–Crippen LogP) is 2.58. The zero-order valence-corrected chi connectivity index (χ0v) is 18.7. The predicted molar refractivity (Wildman–Crippen MR) is 121 cm³/mol. The lowest BCUT2D eigenvalue weighted by molar-refractivity contribution is -0.139. The molecule has 0 saturated carbocycles. The highest BCUT2D eigenvalue weighted by Crippen LogP contribution is 2.08. The Bertz CT molecular complexity index is 832. The molecule has 0 unspecified atom stereocenters. The molecule has 0 bridgehead atoms. The van der Waals surface area contributed by atoms with Crippen LogP contribution < -0.4 is 0 Å². The fourth-order valence-corrected chi connectivity index (χ4v) is 3.12. The Labute approximate surface area is 184 Å². The average Bonchev–Trinajstić information content (AvgIpc) is 3.19. The van der Waals surface area contributed by atoms with Crippen LogP contribution in [0.1, 0.15) is 17.7 Å². The molecule has 7 nitrogen and oxygen atoms in total. The van der Waals surface area contributed by atoms with Crippen LogP contribution in [-0.4, -0.2) is 73.2 Å². The van der Waals surface area contributed by atoms with Crippen molar-refractivity contribution in [2.45, 2.75) is 13.0 Å². The van der Waals surface area contributed by atoms with E-state index in [1.807, 2.05) is 60.3 Å². The minimum atomic E-state index is -0.195. The minimum absolute atomic E-state index is 0.00974. The highest BCUT2D eigenvalue weighted by molar-refractivity contribution is 5.94. The van der Waals surface area contributed by atoms with Gasteiger partial charge in [-0.15, -0.1) is 0 Å². The minimum Gasteiger partial charge on any atom is -0.385 e. The van der Waals surface area contributed by atoms with Gasteiger partial charge >= 0.3 is 0 Å². The summed E-state index contributed by atoms with van der Waals surface area (Å²) in [6.07, 6.45) is 5.89. The lowest BCUT2D eigenvalue weighted by atomic mass is 10.2. The van der Waals surface area contributed by atoms with E-state index in [1.165, 1.54) is 6.08 Å². The van der Waals surface area contributed by atoms with E-state index in [0.29, 0.717) is 39.3 Å². The van der Waals surface area contributed by atoms with Gasteiger partial charge in [-0.1, -0.05) is 30.3 Å². The van der Waals surface area contributed by atoms with E-state index < -0.39 is 0 Å². The molecule has 2 aromatic rings. The van der Waals surface area contributed by atoms with Gasteiger partial charge in [0, 0.05) is 58.9 Å². The topological polar surface area (TPSA) is 64.0 Å². The van der Waals surface area contributed by atoms with Crippen LogP contribution in [0, 0.1) is 0 Å². The van der Waals surface area contributed by atoms with Crippen molar-refractivity contribution >= 4 is 17.9 Å². The van der Waals surface area contributed by atoms with Gasteiger partial charge in [-0.3, -0.25) is 9.59 Å². The number of aryl methyl sites for hydroxylation is 1. The Morgan fingerprint density at radius 1 is 0.968 bits per heavy atom. The third-order valence-corrected chi connectivity index (χ3v) is 4.95. The van der Waals surface area contributed by atoms with Gasteiger partial charge in [-0.2, -0.15) is 0 Å². The van der Waals surface area contributed by atoms with Crippen molar-refractivity contribution in [1.82, 2.24) is 14.4 Å². The molecule has 0 atom stereocenters. The first-order valence-electron chi connectivity index (χ1n) is 10.4. The van der Waals surface area contributed by atoms with Crippen molar-refractivity contribution in [2.75, 3.05) is 47.1 Å². The fraction of sp³-hybridized carbons (Fsp3) is 0.417. The first-order chi connectivity index (χ1) is 15.0. The molecular weight excluding hydrogens is 394 g/mol. The number of ether oxygens (including phenoxy) is 2. The summed E-state index contributed by atoms with van der Waals surface area (Å²) in [6, 6.07) is 13.5. The van der Waals surface area contributed by atoms with Crippen molar-refractivity contribution in [3.63, 3.8) is 0 Å². The Morgan fingerprint density at radius 3 is 2.35 bits per heavy atom. The molecule has 0 aliphatic rings. The summed E-state index contributed by atoms with van der Waals surface area (Å²) in [7, 11) is 5.18. The highest BCUT2D eigenvalue weighted by atomic mass is 16.5. The first-order valence-corrected chi connectivity index (χ1v) is 10.4. The number of methoxy groups -OCH3 is 2. The van der Waals surface area contributed by atoms with Crippen LogP contribution in [0.15, 0.2) is 54.7 Å². The van der Waals surface area contributed by atoms with E-state index in [0.717, 1.165) is 11.3 Å². The van der Waals surface area contributed by atoms with E-state index in [4.69, 9.17) is 9.47 Å². The first kappa shape index (κ1) is 24.4. The van der Waals surface area contributed by atoms with Gasteiger partial charge < -0.3 is 23.8 Å². The van der Waals surface area contributed by atoms with E-state index in [2.05, 4.69) is 0 Å². The second-order valence-electron chi connectivity index (χ2n) is 7.27. The number of benzene rings is 1. The van der Waals surface area contributed by atoms with Gasteiger partial charge in [0.05, 0.1) is 13.2 Å². The summed E-state index contributed by atoms with van der Waals surface area (Å²) >= 11 is 0. The van der Waals surface area contributed by atoms with Crippen LogP contribution in [0.4, 0.5) is 0 Å². The summed E-state index contributed by atoms with van der Waals surface area (Å²) in [5.41, 5.74) is 1.95. The molecule has 1 aromatic heterocycles. The fourth-order valence-electron chi connectivity index (χ4n) is 3.12. The third-order valence-electron chi connectivity index (χ3n) is 4.95. The molecule has 0 fully saturated rings. The molecular formula is C24H33N3O4. The summed E-state index contributed by atoms with van der Waals surface area (Å²) in [4.78, 5) is 29.3. The third kappa shape index (κ3) is 8.39. The maximum Gasteiger partial charge on any atom is 0.247 e. The molecule has 2 amide bonds. The van der Waals surface area contributed by atoms with Crippen molar-refractivity contribution in [2.24, 2.45) is 7.05 Å². The molecule has 7 heteroatoms. The monoisotopic (exact) mass is 427 g/mol. The van der Waals surface area contributed by atoms with Gasteiger partial charge in [0.15, 0.2) is 0 Å². The molecule has 1 heterocycles. The molecule has 2 rings (SSSR count). The summed E-state index contributed by atoms with van der Waals surface area (Å²) in [6.45, 7) is 2.33. The molecule has 0 saturated heterocycles. The van der Waals surface area contributed by atoms with Crippen LogP contribution in [0.3, 0.4) is 0 Å². The lowest BCUT2D eigenvalue weighted by Crippen LogP contribution is -2.44. The smallest absolute Gasteiger partial charge is 0.247 e. The second-order valence-corrected chi connectivity index (χ2v) is 7.27. The number of carbonyl (C=O) groups excluding carboxylic acids is 2. The van der Waals surface area contributed by atoms with Crippen LogP contribution in [-0.2, 0) is 32.7 Å². The zero-order valence-electron chi connectivity index (χ0n) is 18.7. The van der Waals surface area contributed by atoms with E-state index in [-0.39, 0.29) is 18.4 Å². The van der Waals surface area contributed by atoms with Crippen LogP contribution in [0.2, 0.25) is 0 Å². The normalized spacial score (nSPS) is 11.1. The number of carbonyl (C=O) groups is 2. The molecule has 1 aromatic carbocycles. The summed E-state index contributed by atoms with van der Waals surface area (Å²) in [5, 5.41) is 0. The number of hydrogen-bond donors (Lipinski definition) is 0. The standard InChI is InChI=1S/C24H33N3O4/c1-25-14-7-11-22(25)19-27(16-18-31-3)24(29)20-26(15-8-17-30-2)23(28)13-12-21-9-5-4-6-10-21/h4-7,9-14H,8,15-20H2,1-3H3/b13-12+. The molecule has 168 valence electrons. The van der Waals surface area contributed by atoms with Crippen molar-refractivity contribution in [3.05, 3.63) is 66.0 Å². The highest BCUT2D eigenvalue weighted by Gasteiger charge is 2.21. The van der Waals surface area contributed by atoms with Crippen molar-refractivity contribution < 1.29 is 19.1 Å². The van der Waals surface area contributed by atoms with Gasteiger partial charge in [0.1, 0.15) is 6.54 Å². The zero-order chi connectivity index (χ0) is 22.5. The maximum atomic E-state index is 13.1. The van der Waals surface area contributed by atoms with Crippen LogP contribution in [0.25, 0.3) is 6.08 Å². The molecule has 0 spiro atoms. The average molecular weight is 428 g/mol. The van der Waals surface area contributed by atoms with Crippen molar-refractivity contribution in [3.8, 4) is 0 Å². The van der Waals surface area contributed by atoms with Crippen LogP contribution in [0.5, 0.6) is 0 Å². The molecule has 0 aliphatic heterocycles. The number of aromatic nitrogens is 1. The van der Waals surface area contributed by atoms with E-state index in [9.17, 15) is 9.59 Å². The number of amides is 2. The Hall–Kier alpha value is -2.90. The Kier molecular flexibility index (Phi) is 10.5. The Morgan fingerprint density at radius 2 is 1.71 bits per heavy atom. The molecule has 31 heavy (non-hydrogen) atoms. The maximum absolute atomic E-state index is 13.1. The second kappa shape index (κ2) is 13.4. The largest absolute Gasteiger partial charge is 0.385 e. The van der Waals surface area contributed by atoms with Gasteiger partial charge in [0.2, 0.25) is 11.8 Å². The SMILES string of the molecule is COCCCN(CC(=O)N(CCOC)Cc1cccn1C)C(=O)/C=C/c1ccccc1. The molecule has 0 radical (unpaired) electrons. The van der Waals surface area contributed by atoms with E-state index in [1.54, 1.807) is 30.1 Å². The number of nitrogens with zero attached hydrogens (tertiary/aromatic N) is 3. The molecule has 0 aliphatic carbocycles. The summed E-state index contributed by atoms with van der Waals surface area (Å²) in [5.74, 6) is -0.309. The van der Waals surface area contributed by atoms with Gasteiger partial charge in [-0.25, -0.2) is 0 Å². The number of rotatable bonds is 13. The summed E-state index contributed by atoms with van der Waals surface area (Å²) < 4.78 is 12.3. The number of hydrogen-bond acceptors (Lipinski definition) is 4. The van der Waals surface area contributed by atoms with E-state index >= 15 is 0 Å². The van der Waals surface area contributed by atoms with Gasteiger partial charge in [-0.05, 0) is 30.2 Å².